The van der Waals surface area contributed by atoms with Crippen molar-refractivity contribution in [2.24, 2.45) is 0 Å². The third kappa shape index (κ3) is 4.53. The van der Waals surface area contributed by atoms with Crippen LogP contribution in [0.25, 0.3) is 11.1 Å². The van der Waals surface area contributed by atoms with Crippen LogP contribution in [0, 0.1) is 0 Å². The third-order valence-corrected chi connectivity index (χ3v) is 6.40. The molecule has 4 aromatic carbocycles. The summed E-state index contributed by atoms with van der Waals surface area (Å²) in [6.07, 6.45) is 0.340. The first-order valence-electron chi connectivity index (χ1n) is 11.5. The molecule has 35 heavy (non-hydrogen) atoms. The van der Waals surface area contributed by atoms with Crippen LogP contribution in [0.4, 0.5) is 10.5 Å². The van der Waals surface area contributed by atoms with Crippen molar-refractivity contribution >= 4 is 18.1 Å². The molecule has 174 valence electrons. The zero-order valence-electron chi connectivity index (χ0n) is 19.4. The van der Waals surface area contributed by atoms with Crippen LogP contribution in [0.5, 0.6) is 5.75 Å². The minimum absolute atomic E-state index is 0.0216. The van der Waals surface area contributed by atoms with Crippen LogP contribution in [0.2, 0.25) is 0 Å². The van der Waals surface area contributed by atoms with Crippen LogP contribution in [0.15, 0.2) is 97.1 Å². The van der Waals surface area contributed by atoms with Gasteiger partial charge in [0.15, 0.2) is 0 Å². The molecule has 5 heteroatoms. The Bertz CT molecular complexity index is 1300. The van der Waals surface area contributed by atoms with Crippen molar-refractivity contribution in [3.63, 3.8) is 0 Å². The van der Waals surface area contributed by atoms with E-state index < -0.39 is 6.09 Å². The number of aldehydes is 1. The summed E-state index contributed by atoms with van der Waals surface area (Å²) in [6.45, 7) is 0.555. The van der Waals surface area contributed by atoms with Crippen LogP contribution in [0.1, 0.15) is 33.0 Å². The highest BCUT2D eigenvalue weighted by Crippen LogP contribution is 2.44. The molecule has 0 saturated heterocycles. The summed E-state index contributed by atoms with van der Waals surface area (Å²) < 4.78 is 11.2. The van der Waals surface area contributed by atoms with E-state index in [0.29, 0.717) is 17.8 Å². The second kappa shape index (κ2) is 9.85. The Kier molecular flexibility index (Phi) is 6.31. The number of carbonyl (C=O) groups is 2. The van der Waals surface area contributed by atoms with Crippen molar-refractivity contribution in [1.29, 1.82) is 0 Å². The largest absolute Gasteiger partial charge is 0.497 e. The van der Waals surface area contributed by atoms with Gasteiger partial charge in [0.2, 0.25) is 0 Å². The summed E-state index contributed by atoms with van der Waals surface area (Å²) in [5.74, 6) is 0.725. The second-order valence-electron chi connectivity index (χ2n) is 8.45. The molecule has 0 heterocycles. The number of nitrogens with zero attached hydrogens (tertiary/aromatic N) is 1. The van der Waals surface area contributed by atoms with Crippen LogP contribution in [-0.2, 0) is 11.3 Å². The Balaban J connectivity index is 1.39. The molecule has 0 atom stereocenters. The molecule has 1 aliphatic carbocycles. The maximum atomic E-state index is 13.4. The highest BCUT2D eigenvalue weighted by molar-refractivity contribution is 5.88. The molecule has 0 saturated carbocycles. The first kappa shape index (κ1) is 22.4. The molecule has 5 rings (SSSR count). The fourth-order valence-electron chi connectivity index (χ4n) is 4.58. The maximum Gasteiger partial charge on any atom is 0.414 e. The summed E-state index contributed by atoms with van der Waals surface area (Å²) in [4.78, 5) is 26.1. The zero-order valence-corrected chi connectivity index (χ0v) is 19.4. The van der Waals surface area contributed by atoms with Crippen molar-refractivity contribution in [2.45, 2.75) is 12.5 Å². The Hall–Kier alpha value is -4.38. The first-order valence-corrected chi connectivity index (χ1v) is 11.5. The molecule has 0 aliphatic heterocycles. The lowest BCUT2D eigenvalue weighted by molar-refractivity contribution is 0.112. The summed E-state index contributed by atoms with van der Waals surface area (Å²) >= 11 is 0. The normalized spacial score (nSPS) is 11.9. The van der Waals surface area contributed by atoms with Gasteiger partial charge in [-0.25, -0.2) is 4.79 Å². The summed E-state index contributed by atoms with van der Waals surface area (Å²) in [7, 11) is 1.62. The van der Waals surface area contributed by atoms with Gasteiger partial charge < -0.3 is 9.47 Å². The van der Waals surface area contributed by atoms with Gasteiger partial charge >= 0.3 is 6.09 Å². The van der Waals surface area contributed by atoms with Crippen LogP contribution < -0.4 is 9.64 Å². The van der Waals surface area contributed by atoms with Gasteiger partial charge in [-0.15, -0.1) is 0 Å². The van der Waals surface area contributed by atoms with E-state index >= 15 is 0 Å². The Labute approximate surface area is 204 Å². The fraction of sp³-hybridized carbons (Fsp3) is 0.133. The van der Waals surface area contributed by atoms with E-state index in [4.69, 9.17) is 9.47 Å². The molecule has 0 bridgehead atoms. The quantitative estimate of drug-likeness (QED) is 0.295. The molecule has 4 aromatic rings. The number of anilines is 1. The van der Waals surface area contributed by atoms with Crippen LogP contribution >= 0.6 is 0 Å². The molecule has 0 spiro atoms. The van der Waals surface area contributed by atoms with E-state index in [1.807, 2.05) is 48.5 Å². The number of hydrogen-bond acceptors (Lipinski definition) is 4. The van der Waals surface area contributed by atoms with Crippen molar-refractivity contribution in [3.8, 4) is 16.9 Å². The van der Waals surface area contributed by atoms with Gasteiger partial charge in [0.1, 0.15) is 18.6 Å². The molecular weight excluding hydrogens is 438 g/mol. The van der Waals surface area contributed by atoms with E-state index in [1.54, 1.807) is 36.3 Å². The van der Waals surface area contributed by atoms with Crippen LogP contribution in [-0.4, -0.2) is 26.1 Å². The molecule has 5 nitrogen and oxygen atoms in total. The predicted molar refractivity (Wildman–Crippen MR) is 136 cm³/mol. The van der Waals surface area contributed by atoms with E-state index in [2.05, 4.69) is 24.3 Å². The lowest BCUT2D eigenvalue weighted by Crippen LogP contribution is -2.32. The number of benzene rings is 4. The summed E-state index contributed by atoms with van der Waals surface area (Å²) in [5.41, 5.74) is 6.83. The molecule has 0 aromatic heterocycles. The number of rotatable bonds is 7. The first-order chi connectivity index (χ1) is 17.2. The molecule has 1 aliphatic rings. The van der Waals surface area contributed by atoms with Gasteiger partial charge in [0.05, 0.1) is 13.7 Å². The van der Waals surface area contributed by atoms with Gasteiger partial charge in [-0.3, -0.25) is 9.69 Å². The van der Waals surface area contributed by atoms with E-state index in [-0.39, 0.29) is 12.5 Å². The average molecular weight is 464 g/mol. The van der Waals surface area contributed by atoms with Gasteiger partial charge in [0.25, 0.3) is 0 Å². The lowest BCUT2D eigenvalue weighted by atomic mass is 9.98. The second-order valence-corrected chi connectivity index (χ2v) is 8.45. The standard InChI is InChI=1S/C30H25NO4/c1-34-24-16-12-21(13-17-24)18-31(23-14-10-22(19-32)11-15-23)30(33)35-20-29-27-8-4-2-6-25(27)26-7-3-5-9-28(26)29/h2-17,19,29H,18,20H2,1H3. The Morgan fingerprint density at radius 1 is 0.829 bits per heavy atom. The zero-order chi connectivity index (χ0) is 24.2. The highest BCUT2D eigenvalue weighted by Gasteiger charge is 2.30. The minimum Gasteiger partial charge on any atom is -0.497 e. The Morgan fingerprint density at radius 2 is 1.43 bits per heavy atom. The van der Waals surface area contributed by atoms with E-state index in [0.717, 1.165) is 17.6 Å². The van der Waals surface area contributed by atoms with Crippen LogP contribution in [0.3, 0.4) is 0 Å². The van der Waals surface area contributed by atoms with Crippen molar-refractivity contribution in [2.75, 3.05) is 18.6 Å². The molecule has 1 amide bonds. The molecule has 0 fully saturated rings. The monoisotopic (exact) mass is 463 g/mol. The van der Waals surface area contributed by atoms with Gasteiger partial charge in [0, 0.05) is 17.2 Å². The number of fused-ring (bicyclic) bond motifs is 3. The van der Waals surface area contributed by atoms with E-state index in [1.165, 1.54) is 22.3 Å². The topological polar surface area (TPSA) is 55.8 Å². The van der Waals surface area contributed by atoms with Crippen molar-refractivity contribution in [3.05, 3.63) is 119 Å². The smallest absolute Gasteiger partial charge is 0.414 e. The lowest BCUT2D eigenvalue weighted by Gasteiger charge is -2.24. The number of carbonyl (C=O) groups excluding carboxylic acids is 2. The molecule has 0 N–H and O–H groups in total. The van der Waals surface area contributed by atoms with Gasteiger partial charge in [-0.05, 0) is 64.2 Å². The predicted octanol–water partition coefficient (Wildman–Crippen LogP) is 6.46. The molecule has 0 radical (unpaired) electrons. The summed E-state index contributed by atoms with van der Waals surface area (Å²) in [5, 5.41) is 0. The van der Waals surface area contributed by atoms with Gasteiger partial charge in [-0.1, -0.05) is 60.7 Å². The molecule has 0 unspecified atom stereocenters. The van der Waals surface area contributed by atoms with Gasteiger partial charge in [-0.2, -0.15) is 0 Å². The average Bonchev–Trinajstić information content (AvgIpc) is 3.24. The van der Waals surface area contributed by atoms with E-state index in [9.17, 15) is 9.59 Å². The maximum absolute atomic E-state index is 13.4. The van der Waals surface area contributed by atoms with Crippen molar-refractivity contribution in [1.82, 2.24) is 0 Å². The molecular formula is C30H25NO4. The minimum atomic E-state index is -0.443. The number of methoxy groups -OCH3 is 1. The number of hydrogen-bond donors (Lipinski definition) is 0. The summed E-state index contributed by atoms with van der Waals surface area (Å²) in [6, 6.07) is 31.0. The third-order valence-electron chi connectivity index (χ3n) is 6.40. The number of amides is 1. The highest BCUT2D eigenvalue weighted by atomic mass is 16.6. The SMILES string of the molecule is COc1ccc(CN(C(=O)OCC2c3ccccc3-c3ccccc32)c2ccc(C=O)cc2)cc1. The fourth-order valence-corrected chi connectivity index (χ4v) is 4.58. The number of ether oxygens (including phenoxy) is 2. The Morgan fingerprint density at radius 3 is 2.00 bits per heavy atom. The van der Waals surface area contributed by atoms with Crippen molar-refractivity contribution < 1.29 is 19.1 Å².